The van der Waals surface area contributed by atoms with Crippen LogP contribution in [0.25, 0.3) is 11.4 Å². The molecule has 0 fully saturated rings. The van der Waals surface area contributed by atoms with E-state index in [1.807, 2.05) is 84.9 Å². The maximum Gasteiger partial charge on any atom is 0.276 e. The summed E-state index contributed by atoms with van der Waals surface area (Å²) < 4.78 is 1.59. The predicted octanol–water partition coefficient (Wildman–Crippen LogP) is 4.45. The number of anilines is 1. The van der Waals surface area contributed by atoms with Crippen LogP contribution in [0.3, 0.4) is 0 Å². The van der Waals surface area contributed by atoms with E-state index in [0.717, 1.165) is 21.0 Å². The molecular weight excluding hydrogens is 434 g/mol. The van der Waals surface area contributed by atoms with E-state index in [2.05, 4.69) is 25.8 Å². The van der Waals surface area contributed by atoms with Crippen molar-refractivity contribution < 1.29 is 4.79 Å². The van der Waals surface area contributed by atoms with Crippen molar-refractivity contribution in [2.75, 3.05) is 5.32 Å². The van der Waals surface area contributed by atoms with Gasteiger partial charge < -0.3 is 5.32 Å². The smallest absolute Gasteiger partial charge is 0.276 e. The molecular formula is C24H19N7OS. The van der Waals surface area contributed by atoms with Gasteiger partial charge in [-0.05, 0) is 35.5 Å². The summed E-state index contributed by atoms with van der Waals surface area (Å²) in [5.41, 5.74) is 1.92. The molecule has 9 heteroatoms. The van der Waals surface area contributed by atoms with Gasteiger partial charge in [-0.15, -0.1) is 15.0 Å². The Morgan fingerprint density at radius 1 is 0.848 bits per heavy atom. The van der Waals surface area contributed by atoms with Crippen LogP contribution in [0.5, 0.6) is 0 Å². The molecule has 5 aromatic rings. The van der Waals surface area contributed by atoms with Crippen LogP contribution < -0.4 is 5.32 Å². The number of benzene rings is 3. The van der Waals surface area contributed by atoms with Gasteiger partial charge in [0, 0.05) is 21.6 Å². The van der Waals surface area contributed by atoms with Gasteiger partial charge in [0.15, 0.2) is 12.4 Å². The number of amides is 1. The average molecular weight is 454 g/mol. The van der Waals surface area contributed by atoms with E-state index >= 15 is 0 Å². The summed E-state index contributed by atoms with van der Waals surface area (Å²) in [6, 6.07) is 29.0. The number of nitrogens with zero attached hydrogens (tertiary/aromatic N) is 6. The van der Waals surface area contributed by atoms with Crippen LogP contribution in [-0.4, -0.2) is 35.9 Å². The Morgan fingerprint density at radius 2 is 1.58 bits per heavy atom. The van der Waals surface area contributed by atoms with Crippen LogP contribution in [0.15, 0.2) is 107 Å². The van der Waals surface area contributed by atoms with Gasteiger partial charge in [0.25, 0.3) is 5.91 Å². The fourth-order valence-electron chi connectivity index (χ4n) is 3.16. The normalized spacial score (nSPS) is 10.8. The summed E-state index contributed by atoms with van der Waals surface area (Å²) in [6.45, 7) is 0.244. The first-order valence-electron chi connectivity index (χ1n) is 10.2. The zero-order chi connectivity index (χ0) is 22.5. The lowest BCUT2D eigenvalue weighted by Gasteiger charge is -2.10. The van der Waals surface area contributed by atoms with Crippen LogP contribution in [0.1, 0.15) is 10.5 Å². The second-order valence-electron chi connectivity index (χ2n) is 7.10. The molecule has 1 N–H and O–H groups in total. The molecule has 0 aliphatic carbocycles. The summed E-state index contributed by atoms with van der Waals surface area (Å²) in [4.78, 5) is 16.3. The van der Waals surface area contributed by atoms with E-state index in [1.54, 1.807) is 28.7 Å². The summed E-state index contributed by atoms with van der Waals surface area (Å²) in [5.74, 6) is 0.250. The van der Waals surface area contributed by atoms with Crippen LogP contribution in [-0.2, 0) is 6.67 Å². The SMILES string of the molecule is O=C(Nc1ccccc1Sc1ccccc1)c1ccn(Cn2nnc(-c3ccccc3)n2)n1. The standard InChI is InChI=1S/C24H19N7OS/c32-24(25-20-13-7-8-14-22(20)33-19-11-5-2-6-12-19)21-15-16-30(27-21)17-31-28-23(26-29-31)18-9-3-1-4-10-18/h1-16H,17H2,(H,25,32). The van der Waals surface area contributed by atoms with Crippen molar-refractivity contribution in [3.05, 3.63) is 103 Å². The van der Waals surface area contributed by atoms with E-state index in [1.165, 1.54) is 4.80 Å². The average Bonchev–Trinajstić information content (AvgIpc) is 3.52. The number of hydrogen-bond acceptors (Lipinski definition) is 6. The Kier molecular flexibility index (Phi) is 5.94. The topological polar surface area (TPSA) is 90.5 Å². The predicted molar refractivity (Wildman–Crippen MR) is 126 cm³/mol. The number of tetrazole rings is 1. The lowest BCUT2D eigenvalue weighted by Crippen LogP contribution is -2.16. The first-order valence-corrected chi connectivity index (χ1v) is 11.1. The van der Waals surface area contributed by atoms with Gasteiger partial charge in [-0.2, -0.15) is 5.10 Å². The van der Waals surface area contributed by atoms with Gasteiger partial charge >= 0.3 is 0 Å². The first kappa shape index (κ1) is 20.7. The summed E-state index contributed by atoms with van der Waals surface area (Å²) in [5, 5.41) is 19.9. The highest BCUT2D eigenvalue weighted by Gasteiger charge is 2.13. The number of nitrogens with one attached hydrogen (secondary N) is 1. The molecule has 0 spiro atoms. The number of aromatic nitrogens is 6. The van der Waals surface area contributed by atoms with E-state index in [-0.39, 0.29) is 12.6 Å². The zero-order valence-electron chi connectivity index (χ0n) is 17.4. The Labute approximate surface area is 194 Å². The molecule has 5 rings (SSSR count). The Balaban J connectivity index is 1.26. The Morgan fingerprint density at radius 3 is 2.39 bits per heavy atom. The van der Waals surface area contributed by atoms with Gasteiger partial charge in [0.05, 0.1) is 5.69 Å². The molecule has 0 atom stereocenters. The molecule has 0 saturated carbocycles. The summed E-state index contributed by atoms with van der Waals surface area (Å²) in [6.07, 6.45) is 1.71. The van der Waals surface area contributed by atoms with Crippen LogP contribution in [0.2, 0.25) is 0 Å². The van der Waals surface area contributed by atoms with E-state index in [9.17, 15) is 4.79 Å². The molecule has 8 nitrogen and oxygen atoms in total. The Hall–Kier alpha value is -4.24. The van der Waals surface area contributed by atoms with Gasteiger partial charge in [-0.25, -0.2) is 4.68 Å². The molecule has 0 bridgehead atoms. The van der Waals surface area contributed by atoms with Crippen molar-refractivity contribution in [3.8, 4) is 11.4 Å². The second kappa shape index (κ2) is 9.49. The fraction of sp³-hybridized carbons (Fsp3) is 0.0417. The quantitative estimate of drug-likeness (QED) is 0.392. The summed E-state index contributed by atoms with van der Waals surface area (Å²) >= 11 is 1.59. The molecule has 0 radical (unpaired) electrons. The highest BCUT2D eigenvalue weighted by Crippen LogP contribution is 2.33. The van der Waals surface area contributed by atoms with E-state index in [0.29, 0.717) is 11.5 Å². The van der Waals surface area contributed by atoms with Crippen molar-refractivity contribution in [1.29, 1.82) is 0 Å². The molecule has 0 aliphatic rings. The molecule has 1 amide bonds. The van der Waals surface area contributed by atoms with Crippen LogP contribution in [0, 0.1) is 0 Å². The lowest BCUT2D eigenvalue weighted by molar-refractivity contribution is 0.102. The van der Waals surface area contributed by atoms with E-state index in [4.69, 9.17) is 0 Å². The zero-order valence-corrected chi connectivity index (χ0v) is 18.3. The van der Waals surface area contributed by atoms with Crippen molar-refractivity contribution in [2.45, 2.75) is 16.5 Å². The second-order valence-corrected chi connectivity index (χ2v) is 8.21. The number of carbonyl (C=O) groups excluding carboxylic acids is 1. The minimum atomic E-state index is -0.286. The fourth-order valence-corrected chi connectivity index (χ4v) is 4.08. The number of carbonyl (C=O) groups is 1. The number of rotatable bonds is 7. The maximum absolute atomic E-state index is 12.8. The third-order valence-electron chi connectivity index (χ3n) is 4.74. The van der Waals surface area contributed by atoms with Gasteiger partial charge in [-0.1, -0.05) is 72.4 Å². The molecule has 162 valence electrons. The monoisotopic (exact) mass is 453 g/mol. The number of para-hydroxylation sites is 1. The van der Waals surface area contributed by atoms with Gasteiger partial charge in [-0.3, -0.25) is 4.79 Å². The number of hydrogen-bond donors (Lipinski definition) is 1. The van der Waals surface area contributed by atoms with E-state index < -0.39 is 0 Å². The molecule has 3 aromatic carbocycles. The van der Waals surface area contributed by atoms with Crippen LogP contribution >= 0.6 is 11.8 Å². The Bertz CT molecular complexity index is 1370. The molecule has 2 aromatic heterocycles. The molecule has 0 unspecified atom stereocenters. The largest absolute Gasteiger partial charge is 0.320 e. The van der Waals surface area contributed by atoms with Gasteiger partial charge in [0.2, 0.25) is 5.82 Å². The maximum atomic E-state index is 12.8. The third-order valence-corrected chi connectivity index (χ3v) is 5.82. The van der Waals surface area contributed by atoms with Crippen molar-refractivity contribution >= 4 is 23.4 Å². The van der Waals surface area contributed by atoms with Crippen molar-refractivity contribution in [1.82, 2.24) is 30.0 Å². The molecule has 0 aliphatic heterocycles. The highest BCUT2D eigenvalue weighted by molar-refractivity contribution is 7.99. The highest BCUT2D eigenvalue weighted by atomic mass is 32.2. The van der Waals surface area contributed by atoms with Gasteiger partial charge in [0.1, 0.15) is 0 Å². The third kappa shape index (κ3) is 4.99. The van der Waals surface area contributed by atoms with Crippen LogP contribution in [0.4, 0.5) is 5.69 Å². The molecule has 33 heavy (non-hydrogen) atoms. The minimum Gasteiger partial charge on any atom is -0.320 e. The molecule has 2 heterocycles. The van der Waals surface area contributed by atoms with Crippen molar-refractivity contribution in [2.24, 2.45) is 0 Å². The summed E-state index contributed by atoms with van der Waals surface area (Å²) in [7, 11) is 0. The first-order chi connectivity index (χ1) is 16.2. The lowest BCUT2D eigenvalue weighted by atomic mass is 10.2. The van der Waals surface area contributed by atoms with Crippen molar-refractivity contribution in [3.63, 3.8) is 0 Å². The molecule has 0 saturated heterocycles. The minimum absolute atomic E-state index is 0.244.